The standard InChI is InChI=1S/C28H38ClN3O3/c1-18(30-3)26(34)15-22(20-9-5-4-6-10-20)28(35)32-14-8-11-21(32)16-31-17-23(19(2)33)27-24(29)12-7-13-25(27)31/h7,12-13,17-18,20-22,30H,4-6,8-11,14-16H2,1-3H3/t18-,21-,22-/m0/s1. The maximum Gasteiger partial charge on any atom is 0.226 e. The van der Waals surface area contributed by atoms with E-state index in [1.807, 2.05) is 36.2 Å². The molecule has 1 saturated carbocycles. The highest BCUT2D eigenvalue weighted by atomic mass is 35.5. The second kappa shape index (κ2) is 11.3. The van der Waals surface area contributed by atoms with Crippen molar-refractivity contribution in [3.05, 3.63) is 35.0 Å². The summed E-state index contributed by atoms with van der Waals surface area (Å²) in [6.07, 6.45) is 9.61. The molecule has 35 heavy (non-hydrogen) atoms. The van der Waals surface area contributed by atoms with Crippen LogP contribution in [0.2, 0.25) is 5.02 Å². The summed E-state index contributed by atoms with van der Waals surface area (Å²) in [7, 11) is 1.79. The molecule has 2 aliphatic rings. The zero-order valence-electron chi connectivity index (χ0n) is 21.2. The zero-order chi connectivity index (χ0) is 25.1. The van der Waals surface area contributed by atoms with Gasteiger partial charge in [-0.05, 0) is 64.6 Å². The van der Waals surface area contributed by atoms with Crippen LogP contribution in [0.1, 0.15) is 75.6 Å². The van der Waals surface area contributed by atoms with Crippen molar-refractivity contribution in [2.45, 2.75) is 83.8 Å². The summed E-state index contributed by atoms with van der Waals surface area (Å²) in [5.74, 6) is 0.265. The molecule has 1 aromatic heterocycles. The number of aromatic nitrogens is 1. The van der Waals surface area contributed by atoms with E-state index in [-0.39, 0.29) is 41.4 Å². The van der Waals surface area contributed by atoms with E-state index < -0.39 is 0 Å². The quantitative estimate of drug-likeness (QED) is 0.478. The van der Waals surface area contributed by atoms with Crippen molar-refractivity contribution in [1.29, 1.82) is 0 Å². The summed E-state index contributed by atoms with van der Waals surface area (Å²) in [6, 6.07) is 5.49. The average molecular weight is 500 g/mol. The average Bonchev–Trinajstić information content (AvgIpc) is 3.48. The number of halogens is 1. The van der Waals surface area contributed by atoms with E-state index in [9.17, 15) is 14.4 Å². The summed E-state index contributed by atoms with van der Waals surface area (Å²) in [6.45, 7) is 4.78. The maximum atomic E-state index is 14.0. The minimum absolute atomic E-state index is 0.0178. The Morgan fingerprint density at radius 2 is 1.86 bits per heavy atom. The first-order valence-electron chi connectivity index (χ1n) is 13.1. The Bertz CT molecular complexity index is 1090. The number of benzene rings is 1. The van der Waals surface area contributed by atoms with Gasteiger partial charge in [0.2, 0.25) is 5.91 Å². The Kier molecular flexibility index (Phi) is 8.33. The highest BCUT2D eigenvalue weighted by Gasteiger charge is 2.39. The first-order valence-corrected chi connectivity index (χ1v) is 13.5. The lowest BCUT2D eigenvalue weighted by molar-refractivity contribution is -0.141. The van der Waals surface area contributed by atoms with Gasteiger partial charge < -0.3 is 14.8 Å². The van der Waals surface area contributed by atoms with Gasteiger partial charge in [-0.1, -0.05) is 36.9 Å². The lowest BCUT2D eigenvalue weighted by atomic mass is 9.76. The fourth-order valence-electron chi connectivity index (χ4n) is 6.03. The summed E-state index contributed by atoms with van der Waals surface area (Å²) in [4.78, 5) is 41.2. The van der Waals surface area contributed by atoms with E-state index in [4.69, 9.17) is 11.6 Å². The Morgan fingerprint density at radius 3 is 2.54 bits per heavy atom. The van der Waals surface area contributed by atoms with Crippen LogP contribution in [-0.2, 0) is 16.1 Å². The molecule has 1 saturated heterocycles. The molecular formula is C28H38ClN3O3. The van der Waals surface area contributed by atoms with Gasteiger partial charge in [-0.25, -0.2) is 0 Å². The molecule has 2 fully saturated rings. The van der Waals surface area contributed by atoms with E-state index in [2.05, 4.69) is 9.88 Å². The highest BCUT2D eigenvalue weighted by molar-refractivity contribution is 6.36. The lowest BCUT2D eigenvalue weighted by Gasteiger charge is -2.35. The Morgan fingerprint density at radius 1 is 1.11 bits per heavy atom. The molecule has 6 nitrogen and oxygen atoms in total. The largest absolute Gasteiger partial charge is 0.345 e. The van der Waals surface area contributed by atoms with Gasteiger partial charge in [0.25, 0.3) is 0 Å². The molecule has 0 spiro atoms. The number of carbonyl (C=O) groups is 3. The number of likely N-dealkylation sites (tertiary alicyclic amines) is 1. The van der Waals surface area contributed by atoms with Gasteiger partial charge in [-0.3, -0.25) is 14.4 Å². The summed E-state index contributed by atoms with van der Waals surface area (Å²) >= 11 is 6.46. The summed E-state index contributed by atoms with van der Waals surface area (Å²) in [5, 5.41) is 4.39. The van der Waals surface area contributed by atoms with Gasteiger partial charge in [0, 0.05) is 48.6 Å². The van der Waals surface area contributed by atoms with Crippen molar-refractivity contribution in [1.82, 2.24) is 14.8 Å². The van der Waals surface area contributed by atoms with Gasteiger partial charge >= 0.3 is 0 Å². The minimum Gasteiger partial charge on any atom is -0.345 e. The Labute approximate surface area is 213 Å². The predicted octanol–water partition coefficient (Wildman–Crippen LogP) is 5.25. The first-order chi connectivity index (χ1) is 16.8. The van der Waals surface area contributed by atoms with Gasteiger partial charge in [-0.15, -0.1) is 0 Å². The van der Waals surface area contributed by atoms with Crippen LogP contribution in [0.3, 0.4) is 0 Å². The fourth-order valence-corrected chi connectivity index (χ4v) is 6.30. The Balaban J connectivity index is 1.59. The molecule has 3 atom stereocenters. The lowest BCUT2D eigenvalue weighted by Crippen LogP contribution is -2.45. The van der Waals surface area contributed by atoms with E-state index in [1.165, 1.54) is 6.42 Å². The molecule has 1 N–H and O–H groups in total. The molecule has 1 aliphatic carbocycles. The predicted molar refractivity (Wildman–Crippen MR) is 140 cm³/mol. The highest BCUT2D eigenvalue weighted by Crippen LogP contribution is 2.36. The van der Waals surface area contributed by atoms with Crippen molar-refractivity contribution >= 4 is 40.0 Å². The number of amides is 1. The number of hydrogen-bond donors (Lipinski definition) is 1. The number of ketones is 2. The summed E-state index contributed by atoms with van der Waals surface area (Å²) in [5.41, 5.74) is 1.54. The number of nitrogens with one attached hydrogen (secondary N) is 1. The van der Waals surface area contributed by atoms with E-state index in [1.54, 1.807) is 14.0 Å². The third-order valence-corrected chi connectivity index (χ3v) is 8.49. The van der Waals surface area contributed by atoms with Crippen LogP contribution in [0, 0.1) is 11.8 Å². The first kappa shape index (κ1) is 25.9. The van der Waals surface area contributed by atoms with Crippen molar-refractivity contribution < 1.29 is 14.4 Å². The number of nitrogens with zero attached hydrogens (tertiary/aromatic N) is 2. The van der Waals surface area contributed by atoms with Gasteiger partial charge in [0.15, 0.2) is 5.78 Å². The number of likely N-dealkylation sites (N-methyl/N-ethyl adjacent to an activating group) is 1. The molecule has 2 heterocycles. The molecule has 0 unspecified atom stereocenters. The van der Waals surface area contributed by atoms with Crippen LogP contribution in [-0.4, -0.2) is 52.6 Å². The molecule has 2 aromatic rings. The molecule has 4 rings (SSSR count). The van der Waals surface area contributed by atoms with Crippen molar-refractivity contribution in [2.24, 2.45) is 11.8 Å². The van der Waals surface area contributed by atoms with Crippen LogP contribution >= 0.6 is 11.6 Å². The fraction of sp³-hybridized carbons (Fsp3) is 0.607. The number of hydrogen-bond acceptors (Lipinski definition) is 4. The van der Waals surface area contributed by atoms with E-state index in [0.717, 1.165) is 56.0 Å². The maximum absolute atomic E-state index is 14.0. The van der Waals surface area contributed by atoms with E-state index >= 15 is 0 Å². The molecular weight excluding hydrogens is 462 g/mol. The van der Waals surface area contributed by atoms with Gasteiger partial charge in [-0.2, -0.15) is 0 Å². The third kappa shape index (κ3) is 5.49. The Hall–Kier alpha value is -2.18. The minimum atomic E-state index is -0.247. The van der Waals surface area contributed by atoms with Crippen LogP contribution in [0.15, 0.2) is 24.4 Å². The topological polar surface area (TPSA) is 71.4 Å². The second-order valence-electron chi connectivity index (χ2n) is 10.4. The third-order valence-electron chi connectivity index (χ3n) is 8.18. The van der Waals surface area contributed by atoms with Gasteiger partial charge in [0.1, 0.15) is 5.78 Å². The van der Waals surface area contributed by atoms with E-state index in [0.29, 0.717) is 23.6 Å². The SMILES string of the molecule is CN[C@@H](C)C(=O)C[C@H](C(=O)N1CCC[C@H]1Cn1cc(C(C)=O)c2c(Cl)cccc21)C1CCCCC1. The summed E-state index contributed by atoms with van der Waals surface area (Å²) < 4.78 is 2.08. The van der Waals surface area contributed by atoms with Crippen LogP contribution in [0.5, 0.6) is 0 Å². The normalized spacial score (nSPS) is 20.8. The molecule has 1 amide bonds. The molecule has 0 radical (unpaired) electrons. The van der Waals surface area contributed by atoms with Crippen LogP contribution in [0.25, 0.3) is 10.9 Å². The molecule has 190 valence electrons. The smallest absolute Gasteiger partial charge is 0.226 e. The number of Topliss-reactive ketones (excluding diaryl/α,β-unsaturated/α-hetero) is 2. The molecule has 0 bridgehead atoms. The molecule has 7 heteroatoms. The van der Waals surface area contributed by atoms with Crippen molar-refractivity contribution in [3.8, 4) is 0 Å². The second-order valence-corrected chi connectivity index (χ2v) is 10.8. The monoisotopic (exact) mass is 499 g/mol. The molecule has 1 aromatic carbocycles. The van der Waals surface area contributed by atoms with Gasteiger partial charge in [0.05, 0.1) is 16.6 Å². The van der Waals surface area contributed by atoms with Crippen LogP contribution in [0.4, 0.5) is 0 Å². The molecule has 1 aliphatic heterocycles. The van der Waals surface area contributed by atoms with Crippen molar-refractivity contribution in [2.75, 3.05) is 13.6 Å². The number of fused-ring (bicyclic) bond motifs is 1. The van der Waals surface area contributed by atoms with Crippen LogP contribution < -0.4 is 5.32 Å². The number of carbonyl (C=O) groups excluding carboxylic acids is 3. The number of rotatable bonds is 9. The van der Waals surface area contributed by atoms with Crippen molar-refractivity contribution in [3.63, 3.8) is 0 Å². The zero-order valence-corrected chi connectivity index (χ0v) is 21.9.